The van der Waals surface area contributed by atoms with Crippen molar-refractivity contribution >= 4 is 35.7 Å². The molecule has 2 aromatic rings. The molecule has 0 aliphatic carbocycles. The minimum Gasteiger partial charge on any atom is -0.346 e. The van der Waals surface area contributed by atoms with E-state index >= 15 is 0 Å². The number of thioether (sulfide) groups is 1. The molecule has 1 amide bonds. The Labute approximate surface area is 159 Å². The Morgan fingerprint density at radius 1 is 1.48 bits per heavy atom. The smallest absolute Gasteiger partial charge is 0.223 e. The second-order valence-corrected chi connectivity index (χ2v) is 7.39. The first kappa shape index (κ1) is 20.0. The number of hydrogen-bond donors (Lipinski definition) is 2. The molecule has 1 aliphatic heterocycles. The Hall–Kier alpha value is -1.31. The summed E-state index contributed by atoms with van der Waals surface area (Å²) in [5, 5.41) is 15.2. The van der Waals surface area contributed by atoms with Crippen molar-refractivity contribution in [3.05, 3.63) is 30.2 Å². The molecule has 3 atom stereocenters. The third-order valence-corrected chi connectivity index (χ3v) is 5.22. The number of rotatable bonds is 6. The number of hydrogen-bond acceptors (Lipinski definition) is 5. The van der Waals surface area contributed by atoms with Crippen LogP contribution in [0.2, 0.25) is 0 Å². The highest BCUT2D eigenvalue weighted by molar-refractivity contribution is 7.98. The third-order valence-electron chi connectivity index (χ3n) is 4.57. The third kappa shape index (κ3) is 4.86. The van der Waals surface area contributed by atoms with Crippen LogP contribution in [0, 0.1) is 5.92 Å². The average molecular weight is 384 g/mol. The van der Waals surface area contributed by atoms with E-state index in [0.717, 1.165) is 43.0 Å². The minimum atomic E-state index is -0.104. The van der Waals surface area contributed by atoms with Crippen LogP contribution in [0.4, 0.5) is 0 Å². The Morgan fingerprint density at radius 2 is 2.32 bits per heavy atom. The van der Waals surface area contributed by atoms with Crippen molar-refractivity contribution in [3.63, 3.8) is 0 Å². The molecule has 2 aromatic heterocycles. The summed E-state index contributed by atoms with van der Waals surface area (Å²) in [5.74, 6) is 2.00. The standard InChI is InChI=1S/C17H25N5OS.ClH/c1-12-11-13(6-8-18-12)17(23)19-14(7-10-24-2)16-21-20-15-5-3-4-9-22(15)16;/h3-5,9,12-14,18H,6-8,10-11H2,1-2H3,(H,19,23);1H/t12-,13-,14?;/m0./s1. The lowest BCUT2D eigenvalue weighted by Gasteiger charge is -2.28. The summed E-state index contributed by atoms with van der Waals surface area (Å²) in [5.41, 5.74) is 0.811. The van der Waals surface area contributed by atoms with E-state index < -0.39 is 0 Å². The van der Waals surface area contributed by atoms with Crippen molar-refractivity contribution in [1.82, 2.24) is 25.2 Å². The monoisotopic (exact) mass is 383 g/mol. The van der Waals surface area contributed by atoms with E-state index in [9.17, 15) is 4.79 Å². The molecule has 0 radical (unpaired) electrons. The van der Waals surface area contributed by atoms with Gasteiger partial charge in [0.25, 0.3) is 0 Å². The first-order valence-corrected chi connectivity index (χ1v) is 9.90. The first-order valence-electron chi connectivity index (χ1n) is 8.51. The minimum absolute atomic E-state index is 0. The van der Waals surface area contributed by atoms with Crippen LogP contribution in [0.25, 0.3) is 5.65 Å². The van der Waals surface area contributed by atoms with Gasteiger partial charge in [-0.25, -0.2) is 0 Å². The SMILES string of the molecule is CSCCC(NC(=O)[C@H]1CCN[C@@H](C)C1)c1nnc2ccccn12.Cl. The second-order valence-electron chi connectivity index (χ2n) is 6.41. The molecule has 1 unspecified atom stereocenters. The lowest BCUT2D eigenvalue weighted by Crippen LogP contribution is -2.43. The van der Waals surface area contributed by atoms with E-state index in [2.05, 4.69) is 34.0 Å². The number of piperidine rings is 1. The quantitative estimate of drug-likeness (QED) is 0.801. The maximum absolute atomic E-state index is 12.7. The van der Waals surface area contributed by atoms with E-state index in [-0.39, 0.29) is 30.3 Å². The average Bonchev–Trinajstić information content (AvgIpc) is 3.02. The van der Waals surface area contributed by atoms with E-state index in [1.165, 1.54) is 0 Å². The molecule has 1 saturated heterocycles. The van der Waals surface area contributed by atoms with Crippen LogP contribution >= 0.6 is 24.2 Å². The number of carbonyl (C=O) groups excluding carboxylic acids is 1. The summed E-state index contributed by atoms with van der Waals surface area (Å²) in [6.45, 7) is 3.04. The van der Waals surface area contributed by atoms with Gasteiger partial charge in [0.1, 0.15) is 0 Å². The fourth-order valence-electron chi connectivity index (χ4n) is 3.26. The van der Waals surface area contributed by atoms with Crippen LogP contribution in [0.5, 0.6) is 0 Å². The van der Waals surface area contributed by atoms with Crippen molar-refractivity contribution < 1.29 is 4.79 Å². The van der Waals surface area contributed by atoms with E-state index in [1.54, 1.807) is 11.8 Å². The molecule has 3 heterocycles. The van der Waals surface area contributed by atoms with Gasteiger partial charge < -0.3 is 10.6 Å². The molecule has 0 bridgehead atoms. The van der Waals surface area contributed by atoms with Crippen LogP contribution in [-0.2, 0) is 4.79 Å². The highest BCUT2D eigenvalue weighted by Crippen LogP contribution is 2.21. The fraction of sp³-hybridized carbons (Fsp3) is 0.588. The molecule has 8 heteroatoms. The van der Waals surface area contributed by atoms with Gasteiger partial charge in [0, 0.05) is 18.2 Å². The molecule has 138 valence electrons. The molecular formula is C17H26ClN5OS. The Balaban J connectivity index is 0.00000225. The van der Waals surface area contributed by atoms with Crippen LogP contribution in [0.15, 0.2) is 24.4 Å². The zero-order chi connectivity index (χ0) is 16.9. The highest BCUT2D eigenvalue weighted by atomic mass is 35.5. The van der Waals surface area contributed by atoms with E-state index in [1.807, 2.05) is 28.8 Å². The van der Waals surface area contributed by atoms with Gasteiger partial charge in [0.05, 0.1) is 6.04 Å². The van der Waals surface area contributed by atoms with Gasteiger partial charge in [-0.1, -0.05) is 6.07 Å². The summed E-state index contributed by atoms with van der Waals surface area (Å²) in [6, 6.07) is 6.13. The van der Waals surface area contributed by atoms with Crippen LogP contribution in [-0.4, -0.2) is 45.1 Å². The molecule has 0 saturated carbocycles. The van der Waals surface area contributed by atoms with Crippen molar-refractivity contribution in [1.29, 1.82) is 0 Å². The van der Waals surface area contributed by atoms with Gasteiger partial charge in [-0.15, -0.1) is 22.6 Å². The number of amides is 1. The van der Waals surface area contributed by atoms with Crippen molar-refractivity contribution in [3.8, 4) is 0 Å². The van der Waals surface area contributed by atoms with Gasteiger partial charge in [0.2, 0.25) is 5.91 Å². The van der Waals surface area contributed by atoms with Crippen molar-refractivity contribution in [2.24, 2.45) is 5.92 Å². The first-order chi connectivity index (χ1) is 11.7. The topological polar surface area (TPSA) is 71.3 Å². The summed E-state index contributed by atoms with van der Waals surface area (Å²) >= 11 is 1.78. The van der Waals surface area contributed by atoms with Gasteiger partial charge in [-0.3, -0.25) is 9.20 Å². The highest BCUT2D eigenvalue weighted by Gasteiger charge is 2.28. The summed E-state index contributed by atoms with van der Waals surface area (Å²) in [6.07, 6.45) is 6.67. The molecule has 0 aromatic carbocycles. The molecule has 6 nitrogen and oxygen atoms in total. The maximum Gasteiger partial charge on any atom is 0.223 e. The van der Waals surface area contributed by atoms with Crippen LogP contribution in [0.3, 0.4) is 0 Å². The van der Waals surface area contributed by atoms with Gasteiger partial charge in [-0.2, -0.15) is 11.8 Å². The number of fused-ring (bicyclic) bond motifs is 1. The van der Waals surface area contributed by atoms with Gasteiger partial charge in [0.15, 0.2) is 11.5 Å². The molecule has 1 fully saturated rings. The molecule has 0 spiro atoms. The molecular weight excluding hydrogens is 358 g/mol. The molecule has 3 rings (SSSR count). The van der Waals surface area contributed by atoms with Gasteiger partial charge >= 0.3 is 0 Å². The Kier molecular flexibility index (Phi) is 7.53. The number of aromatic nitrogens is 3. The van der Waals surface area contributed by atoms with Crippen LogP contribution in [0.1, 0.15) is 38.1 Å². The summed E-state index contributed by atoms with van der Waals surface area (Å²) < 4.78 is 1.97. The maximum atomic E-state index is 12.7. The molecule has 1 aliphatic rings. The normalized spacial score (nSPS) is 21.5. The number of nitrogens with zero attached hydrogens (tertiary/aromatic N) is 3. The fourth-order valence-corrected chi connectivity index (χ4v) is 3.73. The molecule has 2 N–H and O–H groups in total. The largest absolute Gasteiger partial charge is 0.346 e. The number of pyridine rings is 1. The zero-order valence-corrected chi connectivity index (χ0v) is 16.3. The van der Waals surface area contributed by atoms with Crippen LogP contribution < -0.4 is 10.6 Å². The van der Waals surface area contributed by atoms with E-state index in [0.29, 0.717) is 6.04 Å². The number of nitrogens with one attached hydrogen (secondary N) is 2. The summed E-state index contributed by atoms with van der Waals surface area (Å²) in [7, 11) is 0. The Morgan fingerprint density at radius 3 is 3.08 bits per heavy atom. The summed E-state index contributed by atoms with van der Waals surface area (Å²) in [4.78, 5) is 12.7. The number of carbonyl (C=O) groups is 1. The van der Waals surface area contributed by atoms with Crippen molar-refractivity contribution in [2.45, 2.75) is 38.3 Å². The Bertz CT molecular complexity index is 694. The lowest BCUT2D eigenvalue weighted by molar-refractivity contribution is -0.126. The van der Waals surface area contributed by atoms with Gasteiger partial charge in [-0.05, 0) is 56.9 Å². The molecule has 25 heavy (non-hydrogen) atoms. The zero-order valence-electron chi connectivity index (χ0n) is 14.6. The second kappa shape index (κ2) is 9.40. The lowest BCUT2D eigenvalue weighted by atomic mass is 9.92. The van der Waals surface area contributed by atoms with Crippen molar-refractivity contribution in [2.75, 3.05) is 18.6 Å². The number of halogens is 1. The predicted octanol–water partition coefficient (Wildman–Crippen LogP) is 2.45. The van der Waals surface area contributed by atoms with E-state index in [4.69, 9.17) is 0 Å². The predicted molar refractivity (Wildman–Crippen MR) is 104 cm³/mol.